The molecule has 2 rings (SSSR count). The molecule has 6 nitrogen and oxygen atoms in total. The molecule has 2 atom stereocenters. The second-order valence-corrected chi connectivity index (χ2v) is 8.95. The minimum atomic E-state index is -4.68. The maximum absolute atomic E-state index is 12.8. The van der Waals surface area contributed by atoms with Gasteiger partial charge in [0.25, 0.3) is 0 Å². The van der Waals surface area contributed by atoms with Gasteiger partial charge >= 0.3 is 18.3 Å². The second-order valence-electron chi connectivity index (χ2n) is 8.10. The Labute approximate surface area is 229 Å². The van der Waals surface area contributed by atoms with Crippen molar-refractivity contribution in [2.24, 2.45) is 0 Å². The van der Waals surface area contributed by atoms with Crippen molar-refractivity contribution in [3.8, 4) is 17.6 Å². The van der Waals surface area contributed by atoms with Gasteiger partial charge in [0.1, 0.15) is 24.7 Å². The molecule has 0 spiro atoms. The monoisotopic (exact) mass is 626 g/mol. The fourth-order valence-electron chi connectivity index (χ4n) is 3.22. The normalized spacial score (nSPS) is 18.3. The molecule has 1 aromatic carbocycles. The summed E-state index contributed by atoms with van der Waals surface area (Å²) in [7, 11) is 0. The van der Waals surface area contributed by atoms with Crippen LogP contribution in [0.2, 0.25) is 0 Å². The van der Waals surface area contributed by atoms with Crippen molar-refractivity contribution in [3.63, 3.8) is 0 Å². The van der Waals surface area contributed by atoms with Gasteiger partial charge in [-0.1, -0.05) is 24.0 Å². The first kappa shape index (κ1) is 32.3. The van der Waals surface area contributed by atoms with Crippen LogP contribution in [0.1, 0.15) is 18.9 Å². The molecule has 0 aliphatic heterocycles. The number of hydrogen-bond acceptors (Lipinski definition) is 5. The number of carbonyl (C=O) groups is 1. The molecule has 0 fully saturated rings. The minimum absolute atomic E-state index is 0.0232. The Balaban J connectivity index is 2.02. The summed E-state index contributed by atoms with van der Waals surface area (Å²) in [6.45, 7) is -1.29. The maximum Gasteiger partial charge on any atom is 0.422 e. The molecule has 1 N–H and O–H groups in total. The van der Waals surface area contributed by atoms with Crippen molar-refractivity contribution in [1.82, 2.24) is 0 Å². The van der Waals surface area contributed by atoms with Crippen LogP contribution in [0, 0.1) is 11.8 Å². The van der Waals surface area contributed by atoms with E-state index in [1.165, 1.54) is 30.4 Å². The van der Waals surface area contributed by atoms with Crippen molar-refractivity contribution in [3.05, 3.63) is 64.4 Å². The van der Waals surface area contributed by atoms with Crippen LogP contribution in [0.3, 0.4) is 0 Å². The van der Waals surface area contributed by atoms with Gasteiger partial charge in [0.05, 0.1) is 4.47 Å². The highest BCUT2D eigenvalue weighted by atomic mass is 79.9. The average Bonchev–Trinajstić information content (AvgIpc) is 2.84. The van der Waals surface area contributed by atoms with Crippen LogP contribution in [0.5, 0.6) is 5.75 Å². The fraction of sp³-hybridized carbons (Fsp3) is 0.423. The summed E-state index contributed by atoms with van der Waals surface area (Å²) in [5.41, 5.74) is -1.14. The highest BCUT2D eigenvalue weighted by molar-refractivity contribution is 9.10. The van der Waals surface area contributed by atoms with Crippen LogP contribution in [0.15, 0.2) is 58.8 Å². The number of halogens is 7. The molecule has 0 bridgehead atoms. The zero-order valence-corrected chi connectivity index (χ0v) is 22.2. The Hall–Kier alpha value is -2.95. The van der Waals surface area contributed by atoms with E-state index in [0.717, 1.165) is 0 Å². The molecule has 0 heterocycles. The van der Waals surface area contributed by atoms with E-state index in [1.807, 2.05) is 0 Å². The topological polar surface area (TPSA) is 74.2 Å². The molecular formula is C26H25BrF6O6. The zero-order valence-electron chi connectivity index (χ0n) is 20.6. The van der Waals surface area contributed by atoms with Crippen LogP contribution in [-0.2, 0) is 25.4 Å². The molecule has 1 aromatic rings. The summed E-state index contributed by atoms with van der Waals surface area (Å²) >= 11 is 3.35. The van der Waals surface area contributed by atoms with E-state index in [-0.39, 0.29) is 25.4 Å². The Morgan fingerprint density at radius 2 is 1.90 bits per heavy atom. The van der Waals surface area contributed by atoms with Crippen molar-refractivity contribution >= 4 is 21.9 Å². The fourth-order valence-corrected chi connectivity index (χ4v) is 3.76. The van der Waals surface area contributed by atoms with Gasteiger partial charge in [-0.3, -0.25) is 0 Å². The van der Waals surface area contributed by atoms with E-state index in [1.54, 1.807) is 25.1 Å². The van der Waals surface area contributed by atoms with Crippen LogP contribution in [-0.4, -0.2) is 61.6 Å². The van der Waals surface area contributed by atoms with E-state index in [0.29, 0.717) is 15.8 Å². The lowest BCUT2D eigenvalue weighted by molar-refractivity contribution is -0.191. The van der Waals surface area contributed by atoms with Gasteiger partial charge in [0, 0.05) is 19.4 Å². The van der Waals surface area contributed by atoms with Gasteiger partial charge in [-0.25, -0.2) is 4.79 Å². The molecule has 214 valence electrons. The Bertz CT molecular complexity index is 1130. The lowest BCUT2D eigenvalue weighted by atomic mass is 9.94. The number of allylic oxidation sites excluding steroid dienone is 3. The minimum Gasteiger partial charge on any atom is -0.488 e. The Morgan fingerprint density at radius 1 is 1.18 bits per heavy atom. The molecule has 0 radical (unpaired) electrons. The molecule has 0 saturated heterocycles. The standard InChI is InChI=1S/C26H25BrF6O6/c1-2-36-22(23(34)35)14-18-8-9-21(20(27)13-18)37-12-5-3-4-10-24(39-17-26(31,32)33)11-6-7-19(15-24)38-16-25(28,29)30/h3,5-9,11,13,22H,2,12,14-17H2,1H3,(H,34,35)/b5-3-/t22-,24?/m0/s1. The number of aliphatic carboxylic acids is 1. The van der Waals surface area contributed by atoms with E-state index in [4.69, 9.17) is 14.2 Å². The number of alkyl halides is 6. The smallest absolute Gasteiger partial charge is 0.422 e. The van der Waals surface area contributed by atoms with E-state index < -0.39 is 49.7 Å². The molecule has 1 aliphatic rings. The third-order valence-electron chi connectivity index (χ3n) is 4.88. The molecule has 0 aromatic heterocycles. The number of carboxylic acid groups (broad SMARTS) is 1. The molecule has 1 aliphatic carbocycles. The molecule has 0 amide bonds. The van der Waals surface area contributed by atoms with Crippen LogP contribution in [0.25, 0.3) is 0 Å². The molecule has 1 unspecified atom stereocenters. The van der Waals surface area contributed by atoms with Crippen molar-refractivity contribution in [2.45, 2.75) is 43.8 Å². The summed E-state index contributed by atoms with van der Waals surface area (Å²) < 4.78 is 96.7. The quantitative estimate of drug-likeness (QED) is 0.221. The zero-order chi connectivity index (χ0) is 29.1. The van der Waals surface area contributed by atoms with Crippen molar-refractivity contribution in [1.29, 1.82) is 0 Å². The highest BCUT2D eigenvalue weighted by Gasteiger charge is 2.37. The van der Waals surface area contributed by atoms with Gasteiger partial charge in [0.15, 0.2) is 18.3 Å². The number of rotatable bonds is 12. The summed E-state index contributed by atoms with van der Waals surface area (Å²) in [6, 6.07) is 5.00. The predicted octanol–water partition coefficient (Wildman–Crippen LogP) is 6.16. The lowest BCUT2D eigenvalue weighted by Crippen LogP contribution is -2.35. The molecular weight excluding hydrogens is 602 g/mol. The summed E-state index contributed by atoms with van der Waals surface area (Å²) in [4.78, 5) is 11.3. The highest BCUT2D eigenvalue weighted by Crippen LogP contribution is 2.31. The third-order valence-corrected chi connectivity index (χ3v) is 5.50. The number of ether oxygens (including phenoxy) is 4. The Kier molecular flexibility index (Phi) is 11.9. The van der Waals surface area contributed by atoms with Gasteiger partial charge in [-0.05, 0) is 64.9 Å². The van der Waals surface area contributed by atoms with Gasteiger partial charge in [-0.15, -0.1) is 0 Å². The van der Waals surface area contributed by atoms with E-state index >= 15 is 0 Å². The summed E-state index contributed by atoms with van der Waals surface area (Å²) in [6.07, 6.45) is -4.15. The van der Waals surface area contributed by atoms with E-state index in [2.05, 4.69) is 32.5 Å². The van der Waals surface area contributed by atoms with E-state index in [9.17, 15) is 36.2 Å². The third kappa shape index (κ3) is 12.2. The molecule has 39 heavy (non-hydrogen) atoms. The van der Waals surface area contributed by atoms with Gasteiger partial charge < -0.3 is 24.1 Å². The number of carboxylic acids is 1. The number of hydrogen-bond donors (Lipinski definition) is 1. The lowest BCUT2D eigenvalue weighted by Gasteiger charge is -2.29. The SMILES string of the molecule is CCO[C@@H](Cc1ccc(OC/C=C\C#CC2(OCC(F)(F)F)C=CC=C(OCC(F)(F)F)C2)c(Br)c1)C(=O)O. The first-order chi connectivity index (χ1) is 18.2. The van der Waals surface area contributed by atoms with Crippen molar-refractivity contribution in [2.75, 3.05) is 26.4 Å². The van der Waals surface area contributed by atoms with Crippen LogP contribution in [0.4, 0.5) is 26.3 Å². The van der Waals surface area contributed by atoms with Gasteiger partial charge in [0.2, 0.25) is 0 Å². The largest absolute Gasteiger partial charge is 0.488 e. The van der Waals surface area contributed by atoms with Crippen LogP contribution >= 0.6 is 15.9 Å². The van der Waals surface area contributed by atoms with Crippen LogP contribution < -0.4 is 4.74 Å². The van der Waals surface area contributed by atoms with Gasteiger partial charge in [-0.2, -0.15) is 26.3 Å². The maximum atomic E-state index is 12.8. The Morgan fingerprint density at radius 3 is 2.51 bits per heavy atom. The second kappa shape index (κ2) is 14.4. The average molecular weight is 627 g/mol. The van der Waals surface area contributed by atoms with Crippen molar-refractivity contribution < 1.29 is 55.2 Å². The molecule has 13 heteroatoms. The summed E-state index contributed by atoms with van der Waals surface area (Å²) in [5.74, 6) is 4.20. The number of benzene rings is 1. The molecule has 0 saturated carbocycles. The first-order valence-corrected chi connectivity index (χ1v) is 12.2. The predicted molar refractivity (Wildman–Crippen MR) is 132 cm³/mol. The summed E-state index contributed by atoms with van der Waals surface area (Å²) in [5, 5.41) is 9.22. The first-order valence-electron chi connectivity index (χ1n) is 11.4.